The van der Waals surface area contributed by atoms with Crippen molar-refractivity contribution in [2.24, 2.45) is 0 Å². The average Bonchev–Trinajstić information content (AvgIpc) is 3.33. The number of carbonyl (C=O) groups is 1. The van der Waals surface area contributed by atoms with E-state index in [0.717, 1.165) is 67.8 Å². The first kappa shape index (κ1) is 17.3. The summed E-state index contributed by atoms with van der Waals surface area (Å²) in [6.45, 7) is 0.756. The Labute approximate surface area is 164 Å². The zero-order valence-corrected chi connectivity index (χ0v) is 15.9. The molecule has 2 amide bonds. The molecule has 1 atom stereocenters. The lowest BCUT2D eigenvalue weighted by Gasteiger charge is -2.31. The summed E-state index contributed by atoms with van der Waals surface area (Å²) in [5.74, 6) is 1.01. The van der Waals surface area contributed by atoms with Crippen molar-refractivity contribution in [3.05, 3.63) is 48.3 Å². The van der Waals surface area contributed by atoms with Gasteiger partial charge in [0.15, 0.2) is 11.5 Å². The Bertz CT molecular complexity index is 865. The van der Waals surface area contributed by atoms with Gasteiger partial charge in [0.2, 0.25) is 0 Å². The van der Waals surface area contributed by atoms with Crippen molar-refractivity contribution < 1.29 is 14.3 Å². The highest BCUT2D eigenvalue weighted by Gasteiger charge is 2.42. The molecule has 2 aliphatic heterocycles. The van der Waals surface area contributed by atoms with Gasteiger partial charge >= 0.3 is 6.03 Å². The van der Waals surface area contributed by atoms with Crippen molar-refractivity contribution in [3.8, 4) is 11.5 Å². The van der Waals surface area contributed by atoms with Crippen LogP contribution in [-0.2, 0) is 0 Å². The Morgan fingerprint density at radius 2 is 1.82 bits per heavy atom. The Morgan fingerprint density at radius 3 is 2.64 bits per heavy atom. The van der Waals surface area contributed by atoms with E-state index in [2.05, 4.69) is 10.3 Å². The fraction of sp³-hybridized carbons (Fsp3) is 0.455. The number of hydrogen-bond donors (Lipinski definition) is 1. The third-order valence-corrected chi connectivity index (χ3v) is 6.01. The monoisotopic (exact) mass is 379 g/mol. The number of hydrogen-bond acceptors (Lipinski definition) is 4. The molecule has 0 radical (unpaired) electrons. The maximum atomic E-state index is 12.9. The van der Waals surface area contributed by atoms with Gasteiger partial charge in [-0.25, -0.2) is 4.79 Å². The van der Waals surface area contributed by atoms with Crippen LogP contribution in [0, 0.1) is 0 Å². The molecular formula is C22H25N3O3. The van der Waals surface area contributed by atoms with Crippen LogP contribution >= 0.6 is 0 Å². The maximum absolute atomic E-state index is 12.9. The van der Waals surface area contributed by atoms with Gasteiger partial charge in [0.25, 0.3) is 5.79 Å². The van der Waals surface area contributed by atoms with Crippen molar-refractivity contribution in [2.45, 2.75) is 56.8 Å². The molecule has 1 saturated heterocycles. The first-order valence-electron chi connectivity index (χ1n) is 10.2. The zero-order valence-electron chi connectivity index (χ0n) is 15.9. The van der Waals surface area contributed by atoms with Crippen molar-refractivity contribution in [3.63, 3.8) is 0 Å². The van der Waals surface area contributed by atoms with E-state index in [9.17, 15) is 4.79 Å². The molecular weight excluding hydrogens is 354 g/mol. The molecule has 6 heteroatoms. The van der Waals surface area contributed by atoms with E-state index in [-0.39, 0.29) is 12.1 Å². The molecule has 5 rings (SSSR count). The number of anilines is 1. The van der Waals surface area contributed by atoms with Gasteiger partial charge in [0.1, 0.15) is 0 Å². The largest absolute Gasteiger partial charge is 0.448 e. The van der Waals surface area contributed by atoms with Crippen molar-refractivity contribution in [1.82, 2.24) is 9.88 Å². The number of urea groups is 1. The number of pyridine rings is 1. The summed E-state index contributed by atoms with van der Waals surface area (Å²) in [6.07, 6.45) is 10.9. The van der Waals surface area contributed by atoms with Gasteiger partial charge in [0, 0.05) is 43.5 Å². The highest BCUT2D eigenvalue weighted by Crippen LogP contribution is 2.46. The van der Waals surface area contributed by atoms with Crippen LogP contribution in [0.4, 0.5) is 10.5 Å². The first-order valence-corrected chi connectivity index (χ1v) is 10.2. The lowest BCUT2D eigenvalue weighted by atomic mass is 9.94. The van der Waals surface area contributed by atoms with Gasteiger partial charge in [-0.2, -0.15) is 0 Å². The molecule has 1 unspecified atom stereocenters. The van der Waals surface area contributed by atoms with Crippen molar-refractivity contribution in [2.75, 3.05) is 11.9 Å². The first-order chi connectivity index (χ1) is 13.7. The second kappa shape index (κ2) is 7.00. The number of fused-ring (bicyclic) bond motifs is 1. The fourth-order valence-electron chi connectivity index (χ4n) is 4.60. The minimum Gasteiger partial charge on any atom is -0.448 e. The highest BCUT2D eigenvalue weighted by atomic mass is 16.7. The molecule has 6 nitrogen and oxygen atoms in total. The smallest absolute Gasteiger partial charge is 0.322 e. The van der Waals surface area contributed by atoms with E-state index >= 15 is 0 Å². The predicted molar refractivity (Wildman–Crippen MR) is 105 cm³/mol. The molecule has 1 spiro atoms. The maximum Gasteiger partial charge on any atom is 0.322 e. The molecule has 2 fully saturated rings. The highest BCUT2D eigenvalue weighted by molar-refractivity contribution is 5.90. The summed E-state index contributed by atoms with van der Waals surface area (Å²) in [4.78, 5) is 18.9. The topological polar surface area (TPSA) is 63.7 Å². The Balaban J connectivity index is 1.29. The van der Waals surface area contributed by atoms with E-state index in [1.807, 2.05) is 35.2 Å². The summed E-state index contributed by atoms with van der Waals surface area (Å²) in [5.41, 5.74) is 1.87. The zero-order chi connectivity index (χ0) is 19.0. The van der Waals surface area contributed by atoms with Crippen molar-refractivity contribution in [1.29, 1.82) is 0 Å². The predicted octanol–water partition coefficient (Wildman–Crippen LogP) is 4.88. The molecule has 3 aliphatic rings. The summed E-state index contributed by atoms with van der Waals surface area (Å²) < 4.78 is 12.3. The molecule has 1 aliphatic carbocycles. The fourth-order valence-corrected chi connectivity index (χ4v) is 4.60. The average molecular weight is 379 g/mol. The number of carbonyl (C=O) groups excluding carboxylic acids is 1. The van der Waals surface area contributed by atoms with Gasteiger partial charge < -0.3 is 19.7 Å². The Kier molecular flexibility index (Phi) is 4.34. The van der Waals surface area contributed by atoms with E-state index in [1.165, 1.54) is 6.42 Å². The molecule has 1 aromatic heterocycles. The molecule has 28 heavy (non-hydrogen) atoms. The number of aromatic nitrogens is 1. The molecule has 2 aromatic rings. The Hall–Kier alpha value is -2.76. The molecule has 1 N–H and O–H groups in total. The van der Waals surface area contributed by atoms with Gasteiger partial charge in [-0.1, -0.05) is 6.42 Å². The number of benzene rings is 1. The summed E-state index contributed by atoms with van der Waals surface area (Å²) in [6, 6.07) is 9.67. The second-order valence-electron chi connectivity index (χ2n) is 7.90. The summed E-state index contributed by atoms with van der Waals surface area (Å²) in [7, 11) is 0. The molecule has 0 bridgehead atoms. The standard InChI is InChI=1S/C22H25N3O3/c26-21(25-14-4-5-18(25)16-8-12-23-13-9-16)24-17-6-7-19-20(15-17)28-22(27-19)10-2-1-3-11-22/h6-9,12-13,15,18H,1-5,10-11,14H2,(H,24,26). The van der Waals surface area contributed by atoms with E-state index < -0.39 is 5.79 Å². The van der Waals surface area contributed by atoms with Gasteiger partial charge in [-0.05, 0) is 55.5 Å². The van der Waals surface area contributed by atoms with Crippen LogP contribution in [0.2, 0.25) is 0 Å². The normalized spacial score (nSPS) is 22.4. The summed E-state index contributed by atoms with van der Waals surface area (Å²) >= 11 is 0. The van der Waals surface area contributed by atoms with Gasteiger partial charge in [-0.15, -0.1) is 0 Å². The SMILES string of the molecule is O=C(Nc1ccc2c(c1)OC1(CCCCC1)O2)N1CCCC1c1ccncc1. The van der Waals surface area contributed by atoms with E-state index in [4.69, 9.17) is 9.47 Å². The second-order valence-corrected chi connectivity index (χ2v) is 7.90. The van der Waals surface area contributed by atoms with Gasteiger partial charge in [-0.3, -0.25) is 4.98 Å². The van der Waals surface area contributed by atoms with E-state index in [1.54, 1.807) is 12.4 Å². The number of rotatable bonds is 2. The van der Waals surface area contributed by atoms with Crippen LogP contribution in [0.5, 0.6) is 11.5 Å². The molecule has 3 heterocycles. The number of amides is 2. The van der Waals surface area contributed by atoms with Crippen LogP contribution in [0.25, 0.3) is 0 Å². The van der Waals surface area contributed by atoms with Crippen LogP contribution in [0.15, 0.2) is 42.7 Å². The third kappa shape index (κ3) is 3.17. The molecule has 1 saturated carbocycles. The number of ether oxygens (including phenoxy) is 2. The quantitative estimate of drug-likeness (QED) is 0.807. The Morgan fingerprint density at radius 1 is 1.04 bits per heavy atom. The minimum atomic E-state index is -0.495. The number of likely N-dealkylation sites (tertiary alicyclic amines) is 1. The minimum absolute atomic E-state index is 0.0782. The number of nitrogens with zero attached hydrogens (tertiary/aromatic N) is 2. The van der Waals surface area contributed by atoms with Crippen LogP contribution in [0.1, 0.15) is 56.6 Å². The van der Waals surface area contributed by atoms with Crippen molar-refractivity contribution >= 4 is 11.7 Å². The van der Waals surface area contributed by atoms with Gasteiger partial charge in [0.05, 0.1) is 6.04 Å². The molecule has 146 valence electrons. The number of nitrogens with one attached hydrogen (secondary N) is 1. The molecule has 1 aromatic carbocycles. The summed E-state index contributed by atoms with van der Waals surface area (Å²) in [5, 5.41) is 3.04. The van der Waals surface area contributed by atoms with E-state index in [0.29, 0.717) is 0 Å². The third-order valence-electron chi connectivity index (χ3n) is 6.01. The van der Waals surface area contributed by atoms with Crippen LogP contribution in [0.3, 0.4) is 0 Å². The van der Waals surface area contributed by atoms with Crippen LogP contribution in [-0.4, -0.2) is 28.2 Å². The lowest BCUT2D eigenvalue weighted by Crippen LogP contribution is -2.40. The van der Waals surface area contributed by atoms with Crippen LogP contribution < -0.4 is 14.8 Å². The lowest BCUT2D eigenvalue weighted by molar-refractivity contribution is -0.105.